The van der Waals surface area contributed by atoms with Crippen LogP contribution in [0.15, 0.2) is 30.3 Å². The Morgan fingerprint density at radius 1 is 1.05 bits per heavy atom. The Kier molecular flexibility index (Phi) is 8.56. The Hall–Kier alpha value is -1.51. The van der Waals surface area contributed by atoms with Gasteiger partial charge in [-0.2, -0.15) is 0 Å². The Labute approximate surface area is 129 Å². The first-order valence-electron chi connectivity index (χ1n) is 8.17. The van der Waals surface area contributed by atoms with Gasteiger partial charge in [0.2, 0.25) is 0 Å². The highest BCUT2D eigenvalue weighted by Crippen LogP contribution is 2.19. The number of carbonyl (C=O) groups is 1. The van der Waals surface area contributed by atoms with E-state index in [9.17, 15) is 9.90 Å². The summed E-state index contributed by atoms with van der Waals surface area (Å²) in [7, 11) is 1.87. The second kappa shape index (κ2) is 10.3. The van der Waals surface area contributed by atoms with Crippen molar-refractivity contribution in [3.8, 4) is 0 Å². The predicted molar refractivity (Wildman–Crippen MR) is 88.9 cm³/mol. The monoisotopic (exact) mass is 291 g/mol. The highest BCUT2D eigenvalue weighted by atomic mass is 16.4. The van der Waals surface area contributed by atoms with Gasteiger partial charge in [0, 0.05) is 12.7 Å². The topological polar surface area (TPSA) is 40.5 Å². The number of nitrogens with zero attached hydrogens (tertiary/aromatic N) is 1. The van der Waals surface area contributed by atoms with Crippen LogP contribution in [0.5, 0.6) is 0 Å². The molecule has 1 rings (SSSR count). The molecule has 0 aliphatic carbocycles. The van der Waals surface area contributed by atoms with E-state index >= 15 is 0 Å². The number of unbranched alkanes of at least 4 members (excludes halogenated alkanes) is 6. The van der Waals surface area contributed by atoms with E-state index in [1.54, 1.807) is 0 Å². The first-order chi connectivity index (χ1) is 10.2. The van der Waals surface area contributed by atoms with Gasteiger partial charge < -0.3 is 10.0 Å². The Morgan fingerprint density at radius 3 is 2.19 bits per heavy atom. The summed E-state index contributed by atoms with van der Waals surface area (Å²) in [4.78, 5) is 13.4. The minimum Gasteiger partial charge on any atom is -0.480 e. The lowest BCUT2D eigenvalue weighted by Crippen LogP contribution is -2.38. The average molecular weight is 291 g/mol. The van der Waals surface area contributed by atoms with Crippen LogP contribution in [0.4, 0.5) is 5.69 Å². The van der Waals surface area contributed by atoms with Crippen LogP contribution in [-0.2, 0) is 4.79 Å². The molecule has 0 heterocycles. The molecule has 0 aliphatic rings. The fourth-order valence-corrected chi connectivity index (χ4v) is 2.62. The molecule has 1 aromatic rings. The molecule has 21 heavy (non-hydrogen) atoms. The number of likely N-dealkylation sites (N-methyl/N-ethyl adjacent to an activating group) is 1. The summed E-state index contributed by atoms with van der Waals surface area (Å²) in [6, 6.07) is 9.32. The van der Waals surface area contributed by atoms with Crippen molar-refractivity contribution >= 4 is 11.7 Å². The minimum absolute atomic E-state index is 0.428. The van der Waals surface area contributed by atoms with Gasteiger partial charge >= 0.3 is 5.97 Å². The number of hydrogen-bond donors (Lipinski definition) is 1. The molecule has 3 heteroatoms. The van der Waals surface area contributed by atoms with E-state index in [1.807, 2.05) is 42.3 Å². The third-order valence-corrected chi connectivity index (χ3v) is 4.00. The number of benzene rings is 1. The number of hydrogen-bond acceptors (Lipinski definition) is 2. The lowest BCUT2D eigenvalue weighted by Gasteiger charge is -2.26. The standard InChI is InChI=1S/C18H29NO2/c1-3-4-5-6-7-8-12-15-17(18(20)21)19(2)16-13-10-9-11-14-16/h9-11,13-14,17H,3-8,12,15H2,1-2H3,(H,20,21). The van der Waals surface area contributed by atoms with E-state index < -0.39 is 12.0 Å². The van der Waals surface area contributed by atoms with Crippen molar-refractivity contribution in [3.05, 3.63) is 30.3 Å². The van der Waals surface area contributed by atoms with E-state index in [1.165, 1.54) is 32.1 Å². The van der Waals surface area contributed by atoms with Crippen LogP contribution >= 0.6 is 0 Å². The highest BCUT2D eigenvalue weighted by Gasteiger charge is 2.22. The Morgan fingerprint density at radius 2 is 1.62 bits per heavy atom. The molecule has 118 valence electrons. The number of para-hydroxylation sites is 1. The van der Waals surface area contributed by atoms with Crippen molar-refractivity contribution in [1.29, 1.82) is 0 Å². The van der Waals surface area contributed by atoms with Crippen LogP contribution in [0, 0.1) is 0 Å². The highest BCUT2D eigenvalue weighted by molar-refractivity contribution is 5.78. The molecule has 0 bridgehead atoms. The number of aliphatic carboxylic acids is 1. The fourth-order valence-electron chi connectivity index (χ4n) is 2.62. The van der Waals surface area contributed by atoms with E-state index in [2.05, 4.69) is 6.92 Å². The maximum absolute atomic E-state index is 11.5. The SMILES string of the molecule is CCCCCCCCCC(C(=O)O)N(C)c1ccccc1. The van der Waals surface area contributed by atoms with Gasteiger partial charge in [-0.05, 0) is 18.6 Å². The van der Waals surface area contributed by atoms with Crippen molar-refractivity contribution in [2.24, 2.45) is 0 Å². The van der Waals surface area contributed by atoms with Gasteiger partial charge in [0.1, 0.15) is 6.04 Å². The van der Waals surface area contributed by atoms with Crippen LogP contribution < -0.4 is 4.90 Å². The van der Waals surface area contributed by atoms with Gasteiger partial charge in [0.25, 0.3) is 0 Å². The molecular weight excluding hydrogens is 262 g/mol. The quantitative estimate of drug-likeness (QED) is 0.600. The van der Waals surface area contributed by atoms with E-state index in [4.69, 9.17) is 0 Å². The van der Waals surface area contributed by atoms with Crippen molar-refractivity contribution in [3.63, 3.8) is 0 Å². The zero-order chi connectivity index (χ0) is 15.5. The van der Waals surface area contributed by atoms with Crippen LogP contribution in [-0.4, -0.2) is 24.2 Å². The lowest BCUT2D eigenvalue weighted by molar-refractivity contribution is -0.138. The molecule has 0 radical (unpaired) electrons. The van der Waals surface area contributed by atoms with Gasteiger partial charge in [-0.15, -0.1) is 0 Å². The van der Waals surface area contributed by atoms with Crippen LogP contribution in [0.3, 0.4) is 0 Å². The lowest BCUT2D eigenvalue weighted by atomic mass is 10.0. The van der Waals surface area contributed by atoms with Gasteiger partial charge in [-0.25, -0.2) is 4.79 Å². The summed E-state index contributed by atoms with van der Waals surface area (Å²) in [6.45, 7) is 2.22. The second-order valence-electron chi connectivity index (χ2n) is 5.71. The number of anilines is 1. The zero-order valence-electron chi connectivity index (χ0n) is 13.4. The molecule has 3 nitrogen and oxygen atoms in total. The molecule has 0 amide bonds. The molecular formula is C18H29NO2. The summed E-state index contributed by atoms with van der Waals surface area (Å²) < 4.78 is 0. The normalized spacial score (nSPS) is 12.1. The van der Waals surface area contributed by atoms with Crippen LogP contribution in [0.25, 0.3) is 0 Å². The third-order valence-electron chi connectivity index (χ3n) is 4.00. The number of rotatable bonds is 11. The molecule has 0 fully saturated rings. The first kappa shape index (κ1) is 17.5. The van der Waals surface area contributed by atoms with Crippen molar-refractivity contribution in [2.45, 2.75) is 64.3 Å². The Balaban J connectivity index is 2.35. The van der Waals surface area contributed by atoms with Gasteiger partial charge in [0.05, 0.1) is 0 Å². The summed E-state index contributed by atoms with van der Waals surface area (Å²) in [6.07, 6.45) is 9.23. The first-order valence-corrected chi connectivity index (χ1v) is 8.17. The van der Waals surface area contributed by atoms with E-state index in [0.29, 0.717) is 6.42 Å². The molecule has 1 atom stereocenters. The zero-order valence-corrected chi connectivity index (χ0v) is 13.4. The van der Waals surface area contributed by atoms with Gasteiger partial charge in [-0.1, -0.05) is 70.1 Å². The molecule has 0 saturated carbocycles. The summed E-state index contributed by atoms with van der Waals surface area (Å²) in [5.74, 6) is -0.729. The average Bonchev–Trinajstić information content (AvgIpc) is 2.50. The Bertz CT molecular complexity index is 391. The smallest absolute Gasteiger partial charge is 0.326 e. The maximum atomic E-state index is 11.5. The molecule has 1 N–H and O–H groups in total. The molecule has 0 spiro atoms. The minimum atomic E-state index is -0.729. The number of carboxylic acids is 1. The van der Waals surface area contributed by atoms with Crippen molar-refractivity contribution in [1.82, 2.24) is 0 Å². The van der Waals surface area contributed by atoms with E-state index in [-0.39, 0.29) is 0 Å². The largest absolute Gasteiger partial charge is 0.480 e. The van der Waals surface area contributed by atoms with Crippen LogP contribution in [0.2, 0.25) is 0 Å². The van der Waals surface area contributed by atoms with Crippen molar-refractivity contribution < 1.29 is 9.90 Å². The molecule has 0 saturated heterocycles. The molecule has 1 unspecified atom stereocenters. The van der Waals surface area contributed by atoms with Gasteiger partial charge in [-0.3, -0.25) is 0 Å². The molecule has 0 aromatic heterocycles. The summed E-state index contributed by atoms with van der Waals surface area (Å²) in [5.41, 5.74) is 0.966. The molecule has 0 aliphatic heterocycles. The van der Waals surface area contributed by atoms with E-state index in [0.717, 1.165) is 18.5 Å². The molecule has 1 aromatic carbocycles. The predicted octanol–water partition coefficient (Wildman–Crippen LogP) is 4.72. The number of carboxylic acid groups (broad SMARTS) is 1. The summed E-state index contributed by atoms with van der Waals surface area (Å²) >= 11 is 0. The van der Waals surface area contributed by atoms with Crippen LogP contribution in [0.1, 0.15) is 58.3 Å². The fraction of sp³-hybridized carbons (Fsp3) is 0.611. The van der Waals surface area contributed by atoms with Gasteiger partial charge in [0.15, 0.2) is 0 Å². The summed E-state index contributed by atoms with van der Waals surface area (Å²) in [5, 5.41) is 9.44. The maximum Gasteiger partial charge on any atom is 0.326 e. The second-order valence-corrected chi connectivity index (χ2v) is 5.71. The van der Waals surface area contributed by atoms with Crippen molar-refractivity contribution in [2.75, 3.05) is 11.9 Å². The third kappa shape index (κ3) is 6.65.